The molecule has 112 valence electrons. The van der Waals surface area contributed by atoms with E-state index in [9.17, 15) is 10.1 Å². The average Bonchev–Trinajstić information content (AvgIpc) is 2.31. The molecular formula is C16H19ClN2O2. The standard InChI is InChI=1S/C16H19ClN2O2/c1-15(2,3)21-14(20)19-16(7-4-8-16)13-9-12(17)6-5-11(13)10-18/h5-6,9H,4,7-8H2,1-3H3,(H,19,20). The van der Waals surface area contributed by atoms with E-state index in [1.807, 2.05) is 20.8 Å². The Labute approximate surface area is 130 Å². The lowest BCUT2D eigenvalue weighted by atomic mass is 9.70. The highest BCUT2D eigenvalue weighted by atomic mass is 35.5. The molecule has 0 aromatic heterocycles. The second-order valence-corrected chi connectivity index (χ2v) is 6.80. The smallest absolute Gasteiger partial charge is 0.408 e. The third-order valence-corrected chi connectivity index (χ3v) is 3.80. The van der Waals surface area contributed by atoms with Gasteiger partial charge in [0.1, 0.15) is 5.60 Å². The molecule has 4 nitrogen and oxygen atoms in total. The Hall–Kier alpha value is -1.73. The number of nitriles is 1. The Morgan fingerprint density at radius 2 is 2.10 bits per heavy atom. The SMILES string of the molecule is CC(C)(C)OC(=O)NC1(c2cc(Cl)ccc2C#N)CCC1. The third kappa shape index (κ3) is 3.48. The van der Waals surface area contributed by atoms with Crippen molar-refractivity contribution in [2.75, 3.05) is 0 Å². The zero-order chi connectivity index (χ0) is 15.7. The fourth-order valence-corrected chi connectivity index (χ4v) is 2.67. The minimum Gasteiger partial charge on any atom is -0.444 e. The van der Waals surface area contributed by atoms with Crippen molar-refractivity contribution in [1.29, 1.82) is 5.26 Å². The maximum atomic E-state index is 12.1. The summed E-state index contributed by atoms with van der Waals surface area (Å²) in [5, 5.41) is 12.8. The van der Waals surface area contributed by atoms with E-state index in [0.717, 1.165) is 24.8 Å². The first-order chi connectivity index (χ1) is 9.76. The summed E-state index contributed by atoms with van der Waals surface area (Å²) in [7, 11) is 0. The number of benzene rings is 1. The van der Waals surface area contributed by atoms with Crippen LogP contribution in [-0.4, -0.2) is 11.7 Å². The van der Waals surface area contributed by atoms with Gasteiger partial charge in [-0.15, -0.1) is 0 Å². The molecule has 1 aromatic rings. The van der Waals surface area contributed by atoms with Crippen molar-refractivity contribution in [2.24, 2.45) is 0 Å². The Kier molecular flexibility index (Phi) is 4.15. The fraction of sp³-hybridized carbons (Fsp3) is 0.500. The van der Waals surface area contributed by atoms with Crippen LogP contribution >= 0.6 is 11.6 Å². The Bertz CT molecular complexity index is 595. The summed E-state index contributed by atoms with van der Waals surface area (Å²) >= 11 is 6.05. The number of alkyl carbamates (subject to hydrolysis) is 1. The van der Waals surface area contributed by atoms with Gasteiger partial charge in [0.2, 0.25) is 0 Å². The first-order valence-corrected chi connectivity index (χ1v) is 7.35. The van der Waals surface area contributed by atoms with E-state index >= 15 is 0 Å². The van der Waals surface area contributed by atoms with E-state index < -0.39 is 17.2 Å². The van der Waals surface area contributed by atoms with Crippen molar-refractivity contribution in [1.82, 2.24) is 5.32 Å². The van der Waals surface area contributed by atoms with Crippen LogP contribution in [0.4, 0.5) is 4.79 Å². The van der Waals surface area contributed by atoms with Crippen LogP contribution in [0.5, 0.6) is 0 Å². The summed E-state index contributed by atoms with van der Waals surface area (Å²) < 4.78 is 5.33. The molecule has 0 radical (unpaired) electrons. The second kappa shape index (κ2) is 5.57. The first-order valence-electron chi connectivity index (χ1n) is 6.97. The highest BCUT2D eigenvalue weighted by Crippen LogP contribution is 2.43. The van der Waals surface area contributed by atoms with Gasteiger partial charge < -0.3 is 10.1 Å². The molecule has 0 unspecified atom stereocenters. The topological polar surface area (TPSA) is 62.1 Å². The van der Waals surface area contributed by atoms with Gasteiger partial charge in [0.05, 0.1) is 17.2 Å². The summed E-state index contributed by atoms with van der Waals surface area (Å²) in [6.45, 7) is 5.46. The fourth-order valence-electron chi connectivity index (χ4n) is 2.50. The van der Waals surface area contributed by atoms with E-state index in [2.05, 4.69) is 11.4 Å². The molecule has 0 bridgehead atoms. The quantitative estimate of drug-likeness (QED) is 0.894. The van der Waals surface area contributed by atoms with Crippen LogP contribution in [0.15, 0.2) is 18.2 Å². The van der Waals surface area contributed by atoms with Gasteiger partial charge in [0.25, 0.3) is 0 Å². The molecule has 1 amide bonds. The van der Waals surface area contributed by atoms with Crippen LogP contribution in [0.1, 0.15) is 51.2 Å². The Morgan fingerprint density at radius 3 is 2.57 bits per heavy atom. The zero-order valence-electron chi connectivity index (χ0n) is 12.5. The number of ether oxygens (including phenoxy) is 1. The van der Waals surface area contributed by atoms with Gasteiger partial charge in [-0.05, 0) is 63.8 Å². The Morgan fingerprint density at radius 1 is 1.43 bits per heavy atom. The van der Waals surface area contributed by atoms with Gasteiger partial charge in [0.15, 0.2) is 0 Å². The molecule has 1 aromatic carbocycles. The van der Waals surface area contributed by atoms with E-state index in [0.29, 0.717) is 10.6 Å². The van der Waals surface area contributed by atoms with Crippen LogP contribution in [0, 0.1) is 11.3 Å². The summed E-state index contributed by atoms with van der Waals surface area (Å²) in [4.78, 5) is 12.1. The van der Waals surface area contributed by atoms with E-state index in [-0.39, 0.29) is 0 Å². The summed E-state index contributed by atoms with van der Waals surface area (Å²) in [5.74, 6) is 0. The minimum absolute atomic E-state index is 0.467. The molecule has 1 N–H and O–H groups in total. The van der Waals surface area contributed by atoms with E-state index in [1.54, 1.807) is 18.2 Å². The zero-order valence-corrected chi connectivity index (χ0v) is 13.3. The molecule has 2 rings (SSSR count). The van der Waals surface area contributed by atoms with Gasteiger partial charge in [0, 0.05) is 5.02 Å². The number of nitrogens with zero attached hydrogens (tertiary/aromatic N) is 1. The molecule has 0 saturated heterocycles. The number of halogens is 1. The van der Waals surface area contributed by atoms with Crippen molar-refractivity contribution in [2.45, 2.75) is 51.2 Å². The van der Waals surface area contributed by atoms with Gasteiger partial charge in [-0.1, -0.05) is 11.6 Å². The average molecular weight is 307 g/mol. The maximum Gasteiger partial charge on any atom is 0.408 e. The number of amides is 1. The molecule has 21 heavy (non-hydrogen) atoms. The van der Waals surface area contributed by atoms with Crippen molar-refractivity contribution in [3.8, 4) is 6.07 Å². The molecule has 0 heterocycles. The number of carbonyl (C=O) groups is 1. The van der Waals surface area contributed by atoms with Crippen molar-refractivity contribution < 1.29 is 9.53 Å². The lowest BCUT2D eigenvalue weighted by molar-refractivity contribution is 0.0377. The molecule has 1 saturated carbocycles. The number of carbonyl (C=O) groups excluding carboxylic acids is 1. The summed E-state index contributed by atoms with van der Waals surface area (Å²) in [5.41, 5.74) is 0.212. The molecule has 1 aliphatic carbocycles. The molecule has 0 spiro atoms. The molecule has 1 aliphatic rings. The summed E-state index contributed by atoms with van der Waals surface area (Å²) in [6, 6.07) is 7.30. The number of hydrogen-bond donors (Lipinski definition) is 1. The van der Waals surface area contributed by atoms with Crippen LogP contribution in [0.2, 0.25) is 5.02 Å². The van der Waals surface area contributed by atoms with Crippen molar-refractivity contribution in [3.63, 3.8) is 0 Å². The van der Waals surface area contributed by atoms with Crippen LogP contribution in [0.3, 0.4) is 0 Å². The molecule has 1 fully saturated rings. The molecule has 5 heteroatoms. The Balaban J connectivity index is 2.29. The van der Waals surface area contributed by atoms with Crippen molar-refractivity contribution in [3.05, 3.63) is 34.3 Å². The summed E-state index contributed by atoms with van der Waals surface area (Å²) in [6.07, 6.45) is 2.08. The molecular weight excluding hydrogens is 288 g/mol. The number of nitrogens with one attached hydrogen (secondary N) is 1. The van der Waals surface area contributed by atoms with Gasteiger partial charge in [-0.25, -0.2) is 4.79 Å². The van der Waals surface area contributed by atoms with Crippen LogP contribution in [0.25, 0.3) is 0 Å². The normalized spacial score (nSPS) is 16.5. The number of hydrogen-bond acceptors (Lipinski definition) is 3. The highest BCUT2D eigenvalue weighted by Gasteiger charge is 2.42. The van der Waals surface area contributed by atoms with Crippen LogP contribution < -0.4 is 5.32 Å². The van der Waals surface area contributed by atoms with Crippen LogP contribution in [-0.2, 0) is 10.3 Å². The maximum absolute atomic E-state index is 12.1. The molecule has 0 atom stereocenters. The monoisotopic (exact) mass is 306 g/mol. The largest absolute Gasteiger partial charge is 0.444 e. The first kappa shape index (κ1) is 15.7. The lowest BCUT2D eigenvalue weighted by Crippen LogP contribution is -2.52. The highest BCUT2D eigenvalue weighted by molar-refractivity contribution is 6.30. The van der Waals surface area contributed by atoms with E-state index in [4.69, 9.17) is 16.3 Å². The predicted octanol–water partition coefficient (Wildman–Crippen LogP) is 4.12. The number of rotatable bonds is 2. The predicted molar refractivity (Wildman–Crippen MR) is 81.1 cm³/mol. The minimum atomic E-state index is -0.554. The van der Waals surface area contributed by atoms with Crippen molar-refractivity contribution >= 4 is 17.7 Å². The third-order valence-electron chi connectivity index (χ3n) is 3.56. The lowest BCUT2D eigenvalue weighted by Gasteiger charge is -2.43. The molecule has 0 aliphatic heterocycles. The second-order valence-electron chi connectivity index (χ2n) is 6.36. The van der Waals surface area contributed by atoms with Gasteiger partial charge >= 0.3 is 6.09 Å². The van der Waals surface area contributed by atoms with Gasteiger partial charge in [-0.2, -0.15) is 5.26 Å². The van der Waals surface area contributed by atoms with Gasteiger partial charge in [-0.3, -0.25) is 0 Å². The van der Waals surface area contributed by atoms with E-state index in [1.165, 1.54) is 0 Å².